The van der Waals surface area contributed by atoms with Gasteiger partial charge in [0.15, 0.2) is 0 Å². The number of primary amides is 1. The molecule has 0 fully saturated rings. The van der Waals surface area contributed by atoms with Crippen molar-refractivity contribution in [3.63, 3.8) is 0 Å². The number of nitrogens with one attached hydrogen (secondary N) is 3. The van der Waals surface area contributed by atoms with Crippen LogP contribution in [0.4, 0.5) is 10.5 Å². The second-order valence-electron chi connectivity index (χ2n) is 12.2. The molecule has 4 aromatic rings. The highest BCUT2D eigenvalue weighted by molar-refractivity contribution is 5.97. The maximum absolute atomic E-state index is 13.4. The van der Waals surface area contributed by atoms with Gasteiger partial charge in [0, 0.05) is 12.2 Å². The van der Waals surface area contributed by atoms with Crippen LogP contribution in [-0.4, -0.2) is 50.7 Å². The second-order valence-corrected chi connectivity index (χ2v) is 12.2. The first-order valence-corrected chi connectivity index (χ1v) is 16.5. The molecular weight excluding hydrogens is 634 g/mol. The van der Waals surface area contributed by atoms with Crippen LogP contribution in [0.1, 0.15) is 48.9 Å². The van der Waals surface area contributed by atoms with Gasteiger partial charge in [0.2, 0.25) is 11.8 Å². The molecule has 0 saturated carbocycles. The van der Waals surface area contributed by atoms with Crippen molar-refractivity contribution in [3.8, 4) is 11.5 Å². The van der Waals surface area contributed by atoms with E-state index >= 15 is 0 Å². The molecule has 264 valence electrons. The Morgan fingerprint density at radius 3 is 1.78 bits per heavy atom. The number of benzene rings is 4. The zero-order chi connectivity index (χ0) is 36.1. The number of hydrogen-bond acceptors (Lipinski definition) is 7. The van der Waals surface area contributed by atoms with Gasteiger partial charge in [-0.2, -0.15) is 0 Å². The lowest BCUT2D eigenvalue weighted by molar-refractivity contribution is -0.128. The monoisotopic (exact) mass is 681 g/mol. The molecule has 7 N–H and O–H groups in total. The summed E-state index contributed by atoms with van der Waals surface area (Å²) in [5, 5.41) is 8.15. The lowest BCUT2D eigenvalue weighted by Gasteiger charge is -2.36. The number of carbonyl (C=O) groups excluding carboxylic acids is 3. The Morgan fingerprint density at radius 2 is 1.28 bits per heavy atom. The molecule has 0 aromatic heterocycles. The molecule has 4 rings (SSSR count). The van der Waals surface area contributed by atoms with Crippen molar-refractivity contribution in [2.75, 3.05) is 26.1 Å². The number of hydrogen-bond donors (Lipinski definition) is 5. The van der Waals surface area contributed by atoms with Gasteiger partial charge in [-0.05, 0) is 77.4 Å². The Balaban J connectivity index is 1.57. The molecule has 0 aliphatic carbocycles. The number of rotatable bonds is 17. The number of nitrogens with two attached hydrogens (primary N) is 2. The molecule has 0 saturated heterocycles. The Bertz CT molecular complexity index is 1630. The largest absolute Gasteiger partial charge is 0.497 e. The fourth-order valence-electron chi connectivity index (χ4n) is 5.54. The molecule has 4 amide bonds. The quantitative estimate of drug-likeness (QED) is 0.0767. The highest BCUT2D eigenvalue weighted by Gasteiger charge is 2.38. The van der Waals surface area contributed by atoms with Crippen LogP contribution in [0.2, 0.25) is 0 Å². The topological polar surface area (TPSA) is 167 Å². The van der Waals surface area contributed by atoms with E-state index < -0.39 is 35.5 Å². The van der Waals surface area contributed by atoms with E-state index in [1.807, 2.05) is 105 Å². The number of urea groups is 1. The highest BCUT2D eigenvalue weighted by atomic mass is 16.5. The first-order chi connectivity index (χ1) is 24.1. The summed E-state index contributed by atoms with van der Waals surface area (Å²) in [6, 6.07) is 30.7. The van der Waals surface area contributed by atoms with Crippen LogP contribution >= 0.6 is 0 Å². The maximum atomic E-state index is 13.4. The van der Waals surface area contributed by atoms with Crippen molar-refractivity contribution >= 4 is 23.5 Å². The third kappa shape index (κ3) is 9.61. The van der Waals surface area contributed by atoms with Crippen molar-refractivity contribution in [2.24, 2.45) is 17.4 Å². The molecule has 11 heteroatoms. The van der Waals surface area contributed by atoms with Crippen LogP contribution in [0.5, 0.6) is 11.5 Å². The van der Waals surface area contributed by atoms with Crippen LogP contribution < -0.4 is 36.9 Å². The summed E-state index contributed by atoms with van der Waals surface area (Å²) in [4.78, 5) is 37.2. The summed E-state index contributed by atoms with van der Waals surface area (Å²) in [5.74, 6) is 0.524. The third-order valence-corrected chi connectivity index (χ3v) is 8.47. The first kappa shape index (κ1) is 37.4. The maximum Gasteiger partial charge on any atom is 0.312 e. The predicted octanol–water partition coefficient (Wildman–Crippen LogP) is 5.07. The van der Waals surface area contributed by atoms with Gasteiger partial charge in [0.1, 0.15) is 23.1 Å². The summed E-state index contributed by atoms with van der Waals surface area (Å²) in [6.07, 6.45) is 0.687. The first-order valence-electron chi connectivity index (χ1n) is 16.5. The van der Waals surface area contributed by atoms with Gasteiger partial charge in [-0.15, -0.1) is 0 Å². The zero-order valence-corrected chi connectivity index (χ0v) is 29.0. The molecule has 11 nitrogen and oxygen atoms in total. The number of anilines is 1. The Hall–Kier alpha value is -5.39. The van der Waals surface area contributed by atoms with E-state index in [-0.39, 0.29) is 25.5 Å². The van der Waals surface area contributed by atoms with Crippen LogP contribution in [0.25, 0.3) is 0 Å². The van der Waals surface area contributed by atoms with E-state index in [9.17, 15) is 14.4 Å². The number of amides is 4. The van der Waals surface area contributed by atoms with Crippen molar-refractivity contribution in [2.45, 2.75) is 51.0 Å². The smallest absolute Gasteiger partial charge is 0.312 e. The van der Waals surface area contributed by atoms with E-state index in [0.717, 1.165) is 33.8 Å². The molecular formula is C39H47N5O6. The molecule has 0 bridgehead atoms. The van der Waals surface area contributed by atoms with Gasteiger partial charge in [-0.25, -0.2) is 4.79 Å². The number of ether oxygens (including phenoxy) is 3. The Kier molecular flexibility index (Phi) is 13.4. The van der Waals surface area contributed by atoms with Gasteiger partial charge in [-0.3, -0.25) is 9.59 Å². The van der Waals surface area contributed by atoms with E-state index in [1.165, 1.54) is 0 Å². The van der Waals surface area contributed by atoms with Crippen molar-refractivity contribution in [1.82, 2.24) is 10.6 Å². The van der Waals surface area contributed by atoms with E-state index in [4.69, 9.17) is 25.7 Å². The lowest BCUT2D eigenvalue weighted by Crippen LogP contribution is -2.51. The third-order valence-electron chi connectivity index (χ3n) is 8.47. The SMILES string of the molecule is COc1ccc(C(OCc2ccc(NC(=O)[C@H](CCCNC(N)=O)NC(=O)[C@@H](N)C(C)C)cc2)(c2ccccc2)c2ccc(OC)cc2)cc1. The van der Waals surface area contributed by atoms with Crippen molar-refractivity contribution in [3.05, 3.63) is 125 Å². The summed E-state index contributed by atoms with van der Waals surface area (Å²) in [6.45, 7) is 4.16. The van der Waals surface area contributed by atoms with Gasteiger partial charge < -0.3 is 41.6 Å². The molecule has 50 heavy (non-hydrogen) atoms. The average molecular weight is 682 g/mol. The van der Waals surface area contributed by atoms with Gasteiger partial charge >= 0.3 is 6.03 Å². The summed E-state index contributed by atoms with van der Waals surface area (Å²) in [7, 11) is 3.27. The lowest BCUT2D eigenvalue weighted by atomic mass is 9.80. The molecule has 0 radical (unpaired) electrons. The van der Waals surface area contributed by atoms with E-state index in [0.29, 0.717) is 12.1 Å². The standard InChI is InChI=1S/C39H47N5O6/c1-26(2)35(40)37(46)44-34(11-8-24-42-38(41)47)36(45)43-31-18-12-27(13-19-31)25-50-39(28-9-6-5-7-10-28,29-14-20-32(48-3)21-15-29)30-16-22-33(49-4)23-17-30/h5-7,9-10,12-23,26,34-35H,8,11,24-25,40H2,1-4H3,(H,43,45)(H,44,46)(H3,41,42,47)/t34-,35-/m0/s1. The molecule has 4 aromatic carbocycles. The minimum absolute atomic E-state index is 0.111. The molecule has 0 spiro atoms. The summed E-state index contributed by atoms with van der Waals surface area (Å²) in [5.41, 5.74) is 14.4. The Morgan fingerprint density at radius 1 is 0.740 bits per heavy atom. The van der Waals surface area contributed by atoms with Gasteiger partial charge in [0.25, 0.3) is 0 Å². The van der Waals surface area contributed by atoms with E-state index in [1.54, 1.807) is 26.4 Å². The number of carbonyl (C=O) groups is 3. The zero-order valence-electron chi connectivity index (χ0n) is 29.0. The molecule has 0 aliphatic heterocycles. The summed E-state index contributed by atoms with van der Waals surface area (Å²) >= 11 is 0. The van der Waals surface area contributed by atoms with E-state index in [2.05, 4.69) is 16.0 Å². The van der Waals surface area contributed by atoms with Gasteiger partial charge in [0.05, 0.1) is 26.9 Å². The second kappa shape index (κ2) is 17.8. The normalized spacial score (nSPS) is 12.4. The van der Waals surface area contributed by atoms with Crippen molar-refractivity contribution in [1.29, 1.82) is 0 Å². The molecule has 2 atom stereocenters. The molecule has 0 heterocycles. The van der Waals surface area contributed by atoms with Crippen LogP contribution in [0.15, 0.2) is 103 Å². The van der Waals surface area contributed by atoms with Crippen LogP contribution in [0.3, 0.4) is 0 Å². The Labute approximate surface area is 293 Å². The van der Waals surface area contributed by atoms with Gasteiger partial charge in [-0.1, -0.05) is 80.6 Å². The van der Waals surface area contributed by atoms with Crippen LogP contribution in [0, 0.1) is 5.92 Å². The molecule has 0 unspecified atom stereocenters. The number of methoxy groups -OCH3 is 2. The minimum Gasteiger partial charge on any atom is -0.497 e. The molecule has 0 aliphatic rings. The average Bonchev–Trinajstić information content (AvgIpc) is 3.14. The van der Waals surface area contributed by atoms with Crippen molar-refractivity contribution < 1.29 is 28.6 Å². The van der Waals surface area contributed by atoms with Crippen LogP contribution in [-0.2, 0) is 26.5 Å². The predicted molar refractivity (Wildman–Crippen MR) is 194 cm³/mol. The summed E-state index contributed by atoms with van der Waals surface area (Å²) < 4.78 is 17.9. The fourth-order valence-corrected chi connectivity index (χ4v) is 5.54. The minimum atomic E-state index is -0.988. The fraction of sp³-hybridized carbons (Fsp3) is 0.308. The highest BCUT2D eigenvalue weighted by Crippen LogP contribution is 2.42.